The Morgan fingerprint density at radius 3 is 2.18 bits per heavy atom. The van der Waals surface area contributed by atoms with Crippen LogP contribution in [0, 0.1) is 0 Å². The Hall–Kier alpha value is -2.83. The Balaban J connectivity index is 1.57. The summed E-state index contributed by atoms with van der Waals surface area (Å²) in [4.78, 5) is 27.4. The number of anilines is 1. The predicted octanol–water partition coefficient (Wildman–Crippen LogP) is 4.03. The van der Waals surface area contributed by atoms with E-state index in [0.717, 1.165) is 29.8 Å². The second kappa shape index (κ2) is 8.04. The average molecular weight is 390 g/mol. The quantitative estimate of drug-likeness (QED) is 0.773. The standard InChI is InChI=1S/C21H21F3N2O2/c1-25(14-16-4-8-17(9-5-16)21(22,23)24)20(28)13-15-6-10-18(11-7-15)26-12-2-3-19(26)27/h4-11H,2-3,12-14H2,1H3. The number of hydrogen-bond acceptors (Lipinski definition) is 2. The fraction of sp³-hybridized carbons (Fsp3) is 0.333. The monoisotopic (exact) mass is 390 g/mol. The van der Waals surface area contributed by atoms with Crippen LogP contribution in [0.25, 0.3) is 0 Å². The lowest BCUT2D eigenvalue weighted by Crippen LogP contribution is -2.27. The Morgan fingerprint density at radius 1 is 1.04 bits per heavy atom. The van der Waals surface area contributed by atoms with Gasteiger partial charge in [-0.2, -0.15) is 13.2 Å². The first-order valence-electron chi connectivity index (χ1n) is 9.03. The number of alkyl halides is 3. The number of likely N-dealkylation sites (N-methyl/N-ethyl adjacent to an activating group) is 1. The second-order valence-corrected chi connectivity index (χ2v) is 6.94. The third-order valence-electron chi connectivity index (χ3n) is 4.80. The minimum absolute atomic E-state index is 0.111. The van der Waals surface area contributed by atoms with Gasteiger partial charge in [-0.1, -0.05) is 24.3 Å². The zero-order chi connectivity index (χ0) is 20.3. The molecule has 7 heteroatoms. The molecular formula is C21H21F3N2O2. The lowest BCUT2D eigenvalue weighted by molar-refractivity contribution is -0.137. The van der Waals surface area contributed by atoms with Crippen LogP contribution in [0.2, 0.25) is 0 Å². The van der Waals surface area contributed by atoms with Crippen molar-refractivity contribution in [3.05, 3.63) is 65.2 Å². The SMILES string of the molecule is CN(Cc1ccc(C(F)(F)F)cc1)C(=O)Cc1ccc(N2CCCC2=O)cc1. The van der Waals surface area contributed by atoms with Gasteiger partial charge in [0, 0.05) is 32.2 Å². The number of benzene rings is 2. The van der Waals surface area contributed by atoms with Gasteiger partial charge in [0.05, 0.1) is 12.0 Å². The number of carbonyl (C=O) groups is 2. The molecule has 2 aromatic rings. The number of carbonyl (C=O) groups excluding carboxylic acids is 2. The molecule has 28 heavy (non-hydrogen) atoms. The van der Waals surface area contributed by atoms with Gasteiger partial charge in [0.15, 0.2) is 0 Å². The highest BCUT2D eigenvalue weighted by atomic mass is 19.4. The molecular weight excluding hydrogens is 369 g/mol. The molecule has 3 rings (SSSR count). The van der Waals surface area contributed by atoms with Crippen LogP contribution in [0.3, 0.4) is 0 Å². The predicted molar refractivity (Wildman–Crippen MR) is 99.7 cm³/mol. The van der Waals surface area contributed by atoms with Crippen LogP contribution in [0.15, 0.2) is 48.5 Å². The maximum absolute atomic E-state index is 12.6. The molecule has 1 fully saturated rings. The summed E-state index contributed by atoms with van der Waals surface area (Å²) in [7, 11) is 1.62. The minimum Gasteiger partial charge on any atom is -0.341 e. The lowest BCUT2D eigenvalue weighted by atomic mass is 10.1. The normalized spacial score (nSPS) is 14.4. The van der Waals surface area contributed by atoms with Crippen molar-refractivity contribution in [2.75, 3.05) is 18.5 Å². The van der Waals surface area contributed by atoms with Crippen LogP contribution in [0.5, 0.6) is 0 Å². The Kier molecular flexibility index (Phi) is 5.72. The van der Waals surface area contributed by atoms with Gasteiger partial charge >= 0.3 is 6.18 Å². The van der Waals surface area contributed by atoms with Gasteiger partial charge in [-0.3, -0.25) is 9.59 Å². The van der Waals surface area contributed by atoms with E-state index in [9.17, 15) is 22.8 Å². The Bertz CT molecular complexity index is 845. The zero-order valence-corrected chi connectivity index (χ0v) is 15.5. The number of nitrogens with zero attached hydrogens (tertiary/aromatic N) is 2. The fourth-order valence-electron chi connectivity index (χ4n) is 3.19. The maximum Gasteiger partial charge on any atom is 0.416 e. The van der Waals surface area contributed by atoms with Crippen molar-refractivity contribution in [3.63, 3.8) is 0 Å². The summed E-state index contributed by atoms with van der Waals surface area (Å²) in [5.74, 6) is -0.0231. The summed E-state index contributed by atoms with van der Waals surface area (Å²) in [6.07, 6.45) is -2.76. The van der Waals surface area contributed by atoms with E-state index in [4.69, 9.17) is 0 Å². The molecule has 1 saturated heterocycles. The molecule has 0 saturated carbocycles. The van der Waals surface area contributed by atoms with Crippen molar-refractivity contribution in [2.45, 2.75) is 32.0 Å². The number of rotatable bonds is 5. The first-order valence-corrected chi connectivity index (χ1v) is 9.03. The van der Waals surface area contributed by atoms with Gasteiger partial charge in [0.25, 0.3) is 0 Å². The molecule has 1 aliphatic heterocycles. The molecule has 0 radical (unpaired) electrons. The molecule has 1 heterocycles. The van der Waals surface area contributed by atoms with Crippen molar-refractivity contribution in [3.8, 4) is 0 Å². The Labute approximate surface area is 161 Å². The molecule has 0 bridgehead atoms. The first-order chi connectivity index (χ1) is 13.2. The molecule has 0 spiro atoms. The van der Waals surface area contributed by atoms with Crippen LogP contribution in [0.4, 0.5) is 18.9 Å². The number of amides is 2. The van der Waals surface area contributed by atoms with Gasteiger partial charge in [0.2, 0.25) is 11.8 Å². The van der Waals surface area contributed by atoms with Crippen molar-refractivity contribution in [1.82, 2.24) is 4.90 Å². The molecule has 2 aromatic carbocycles. The van der Waals surface area contributed by atoms with E-state index in [0.29, 0.717) is 18.5 Å². The number of halogens is 3. The molecule has 148 valence electrons. The lowest BCUT2D eigenvalue weighted by Gasteiger charge is -2.19. The summed E-state index contributed by atoms with van der Waals surface area (Å²) in [6, 6.07) is 12.1. The summed E-state index contributed by atoms with van der Waals surface area (Å²) in [5.41, 5.74) is 1.57. The van der Waals surface area contributed by atoms with E-state index in [1.165, 1.54) is 17.0 Å². The molecule has 1 aliphatic rings. The molecule has 0 aliphatic carbocycles. The van der Waals surface area contributed by atoms with Gasteiger partial charge < -0.3 is 9.80 Å². The summed E-state index contributed by atoms with van der Waals surface area (Å²) >= 11 is 0. The summed E-state index contributed by atoms with van der Waals surface area (Å²) in [5, 5.41) is 0. The maximum atomic E-state index is 12.6. The van der Waals surface area contributed by atoms with Crippen LogP contribution < -0.4 is 4.90 Å². The van der Waals surface area contributed by atoms with Gasteiger partial charge in [-0.25, -0.2) is 0 Å². The number of hydrogen-bond donors (Lipinski definition) is 0. The second-order valence-electron chi connectivity index (χ2n) is 6.94. The molecule has 0 N–H and O–H groups in total. The summed E-state index contributed by atoms with van der Waals surface area (Å²) in [6.45, 7) is 0.949. The van der Waals surface area contributed by atoms with Crippen LogP contribution in [-0.2, 0) is 28.7 Å². The van der Waals surface area contributed by atoms with Crippen molar-refractivity contribution in [2.24, 2.45) is 0 Å². The highest BCUT2D eigenvalue weighted by Gasteiger charge is 2.30. The largest absolute Gasteiger partial charge is 0.416 e. The van der Waals surface area contributed by atoms with Crippen molar-refractivity contribution >= 4 is 17.5 Å². The molecule has 0 unspecified atom stereocenters. The smallest absolute Gasteiger partial charge is 0.341 e. The van der Waals surface area contributed by atoms with E-state index in [1.54, 1.807) is 11.9 Å². The molecule has 0 atom stereocenters. The Morgan fingerprint density at radius 2 is 1.64 bits per heavy atom. The molecule has 0 aromatic heterocycles. The van der Waals surface area contributed by atoms with E-state index in [1.807, 2.05) is 24.3 Å². The van der Waals surface area contributed by atoms with Crippen LogP contribution in [0.1, 0.15) is 29.5 Å². The van der Waals surface area contributed by atoms with E-state index in [2.05, 4.69) is 0 Å². The molecule has 4 nitrogen and oxygen atoms in total. The first kappa shape index (κ1) is 19.9. The topological polar surface area (TPSA) is 40.6 Å². The highest BCUT2D eigenvalue weighted by Crippen LogP contribution is 2.29. The van der Waals surface area contributed by atoms with Crippen LogP contribution in [-0.4, -0.2) is 30.3 Å². The minimum atomic E-state index is -4.37. The van der Waals surface area contributed by atoms with Gasteiger partial charge in [-0.15, -0.1) is 0 Å². The molecule has 2 amide bonds. The van der Waals surface area contributed by atoms with E-state index in [-0.39, 0.29) is 24.8 Å². The van der Waals surface area contributed by atoms with Crippen molar-refractivity contribution < 1.29 is 22.8 Å². The average Bonchev–Trinajstić information content (AvgIpc) is 3.08. The van der Waals surface area contributed by atoms with Crippen molar-refractivity contribution in [1.29, 1.82) is 0 Å². The van der Waals surface area contributed by atoms with Gasteiger partial charge in [-0.05, 0) is 41.8 Å². The fourth-order valence-corrected chi connectivity index (χ4v) is 3.19. The highest BCUT2D eigenvalue weighted by molar-refractivity contribution is 5.95. The third kappa shape index (κ3) is 4.71. The third-order valence-corrected chi connectivity index (χ3v) is 4.80. The van der Waals surface area contributed by atoms with E-state index >= 15 is 0 Å². The van der Waals surface area contributed by atoms with E-state index < -0.39 is 11.7 Å². The zero-order valence-electron chi connectivity index (χ0n) is 15.5. The summed E-state index contributed by atoms with van der Waals surface area (Å²) < 4.78 is 37.8. The van der Waals surface area contributed by atoms with Gasteiger partial charge in [0.1, 0.15) is 0 Å². The van der Waals surface area contributed by atoms with Crippen LogP contribution >= 0.6 is 0 Å².